The van der Waals surface area contributed by atoms with Gasteiger partial charge in [-0.05, 0) is 31.0 Å². The van der Waals surface area contributed by atoms with E-state index in [0.29, 0.717) is 24.2 Å². The third-order valence-corrected chi connectivity index (χ3v) is 3.18. The van der Waals surface area contributed by atoms with Crippen molar-refractivity contribution in [2.45, 2.75) is 26.7 Å². The van der Waals surface area contributed by atoms with E-state index in [2.05, 4.69) is 5.10 Å². The molecule has 0 fully saturated rings. The highest BCUT2D eigenvalue weighted by Gasteiger charge is 2.27. The maximum absolute atomic E-state index is 14.1. The summed E-state index contributed by atoms with van der Waals surface area (Å²) >= 11 is 0. The first-order valence-electron chi connectivity index (χ1n) is 6.48. The second kappa shape index (κ2) is 5.71. The Morgan fingerprint density at radius 1 is 1.43 bits per heavy atom. The number of hydrogen-bond donors (Lipinski definition) is 0. The number of halogens is 1. The molecule has 0 aliphatic carbocycles. The van der Waals surface area contributed by atoms with Gasteiger partial charge in [0.15, 0.2) is 0 Å². The molecule has 0 radical (unpaired) electrons. The van der Waals surface area contributed by atoms with E-state index in [0.717, 1.165) is 6.07 Å². The fourth-order valence-corrected chi connectivity index (χ4v) is 2.21. The third-order valence-electron chi connectivity index (χ3n) is 3.18. The summed E-state index contributed by atoms with van der Waals surface area (Å²) in [5.74, 6) is -0.635. The van der Waals surface area contributed by atoms with Crippen molar-refractivity contribution in [1.29, 1.82) is 5.26 Å². The molecule has 0 saturated heterocycles. The Morgan fingerprint density at radius 3 is 2.62 bits per heavy atom. The van der Waals surface area contributed by atoms with E-state index < -0.39 is 10.7 Å². The monoisotopic (exact) mass is 288 g/mol. The van der Waals surface area contributed by atoms with Crippen molar-refractivity contribution < 1.29 is 9.31 Å². The first-order chi connectivity index (χ1) is 10.0. The summed E-state index contributed by atoms with van der Waals surface area (Å²) in [4.78, 5) is 10.7. The lowest BCUT2D eigenvalue weighted by Gasteiger charge is -2.06. The minimum absolute atomic E-state index is 0.0660. The molecule has 0 aliphatic heterocycles. The number of hydrogen-bond acceptors (Lipinski definition) is 4. The molecule has 0 saturated carbocycles. The number of rotatable bonds is 4. The van der Waals surface area contributed by atoms with Crippen LogP contribution in [0.1, 0.15) is 30.8 Å². The van der Waals surface area contributed by atoms with Gasteiger partial charge >= 0.3 is 5.69 Å². The summed E-state index contributed by atoms with van der Waals surface area (Å²) in [6, 6.07) is 5.80. The average Bonchev–Trinajstić information content (AvgIpc) is 2.85. The molecule has 0 aliphatic rings. The molecule has 0 bridgehead atoms. The number of nitrogens with zero attached hydrogens (tertiary/aromatic N) is 4. The summed E-state index contributed by atoms with van der Waals surface area (Å²) < 4.78 is 15.4. The van der Waals surface area contributed by atoms with Gasteiger partial charge < -0.3 is 0 Å². The largest absolute Gasteiger partial charge is 0.313 e. The number of nitro groups is 1. The lowest BCUT2D eigenvalue weighted by Crippen LogP contribution is -2.05. The van der Waals surface area contributed by atoms with E-state index >= 15 is 0 Å². The molecule has 0 spiro atoms. The predicted molar refractivity (Wildman–Crippen MR) is 73.6 cm³/mol. The number of benzene rings is 1. The minimum Gasteiger partial charge on any atom is -0.258 e. The van der Waals surface area contributed by atoms with Crippen LogP contribution < -0.4 is 0 Å². The van der Waals surface area contributed by atoms with E-state index in [-0.39, 0.29) is 16.9 Å². The van der Waals surface area contributed by atoms with Crippen molar-refractivity contribution in [1.82, 2.24) is 9.78 Å². The van der Waals surface area contributed by atoms with E-state index in [1.54, 1.807) is 13.8 Å². The van der Waals surface area contributed by atoms with Gasteiger partial charge in [-0.3, -0.25) is 10.1 Å². The van der Waals surface area contributed by atoms with Crippen LogP contribution in [-0.2, 0) is 12.8 Å². The van der Waals surface area contributed by atoms with Gasteiger partial charge in [-0.15, -0.1) is 0 Å². The van der Waals surface area contributed by atoms with Crippen molar-refractivity contribution in [2.24, 2.45) is 0 Å². The zero-order chi connectivity index (χ0) is 15.6. The van der Waals surface area contributed by atoms with Crippen LogP contribution in [0.4, 0.5) is 10.1 Å². The quantitative estimate of drug-likeness (QED) is 0.639. The fourth-order valence-electron chi connectivity index (χ4n) is 2.21. The van der Waals surface area contributed by atoms with Gasteiger partial charge in [0.05, 0.1) is 16.6 Å². The average molecular weight is 288 g/mol. The molecule has 6 nitrogen and oxygen atoms in total. The van der Waals surface area contributed by atoms with E-state index in [1.165, 1.54) is 16.8 Å². The fraction of sp³-hybridized carbons (Fsp3) is 0.286. The molecule has 21 heavy (non-hydrogen) atoms. The summed E-state index contributed by atoms with van der Waals surface area (Å²) in [5, 5.41) is 24.1. The Morgan fingerprint density at radius 2 is 2.14 bits per heavy atom. The van der Waals surface area contributed by atoms with Crippen LogP contribution in [0.2, 0.25) is 0 Å². The van der Waals surface area contributed by atoms with Crippen molar-refractivity contribution in [2.75, 3.05) is 0 Å². The molecular weight excluding hydrogens is 275 g/mol. The molecule has 0 N–H and O–H groups in total. The minimum atomic E-state index is -0.635. The van der Waals surface area contributed by atoms with E-state index in [1.807, 2.05) is 6.07 Å². The zero-order valence-electron chi connectivity index (χ0n) is 11.6. The van der Waals surface area contributed by atoms with Crippen LogP contribution in [-0.4, -0.2) is 14.7 Å². The normalized spacial score (nSPS) is 10.4. The maximum Gasteiger partial charge on any atom is 0.313 e. The van der Waals surface area contributed by atoms with Crippen LogP contribution in [0.3, 0.4) is 0 Å². The predicted octanol–water partition coefficient (Wildman–Crippen LogP) is 2.92. The van der Waals surface area contributed by atoms with Crippen molar-refractivity contribution in [3.05, 3.63) is 51.1 Å². The molecule has 0 atom stereocenters. The summed E-state index contributed by atoms with van der Waals surface area (Å²) in [6.45, 7) is 3.51. The highest BCUT2D eigenvalue weighted by Crippen LogP contribution is 2.28. The molecule has 7 heteroatoms. The number of aromatic nitrogens is 2. The van der Waals surface area contributed by atoms with Crippen molar-refractivity contribution in [3.63, 3.8) is 0 Å². The molecule has 1 aromatic carbocycles. The van der Waals surface area contributed by atoms with Crippen LogP contribution >= 0.6 is 0 Å². The molecule has 0 amide bonds. The molecule has 0 unspecified atom stereocenters. The Kier molecular flexibility index (Phi) is 3.98. The van der Waals surface area contributed by atoms with Gasteiger partial charge in [-0.2, -0.15) is 10.4 Å². The zero-order valence-corrected chi connectivity index (χ0v) is 11.6. The Hall–Kier alpha value is -2.75. The summed E-state index contributed by atoms with van der Waals surface area (Å²) in [7, 11) is 0. The standard InChI is InChI=1S/C14H13FN4O2/c1-3-11-14(19(20)21)12(4-2)18(17-11)13-6-5-9(8-16)7-10(13)15/h5-7H,3-4H2,1-2H3. The highest BCUT2D eigenvalue weighted by atomic mass is 19.1. The molecule has 1 aromatic heterocycles. The molecule has 1 heterocycles. The van der Waals surface area contributed by atoms with Gasteiger partial charge in [-0.25, -0.2) is 9.07 Å². The van der Waals surface area contributed by atoms with Crippen LogP contribution in [0.15, 0.2) is 18.2 Å². The second-order valence-corrected chi connectivity index (χ2v) is 4.40. The Balaban J connectivity index is 2.70. The topological polar surface area (TPSA) is 84.8 Å². The van der Waals surface area contributed by atoms with Crippen molar-refractivity contribution >= 4 is 5.69 Å². The van der Waals surface area contributed by atoms with Gasteiger partial charge in [0.1, 0.15) is 22.9 Å². The maximum atomic E-state index is 14.1. The molecule has 108 valence electrons. The van der Waals surface area contributed by atoms with Gasteiger partial charge in [0.25, 0.3) is 0 Å². The number of aryl methyl sites for hydroxylation is 1. The van der Waals surface area contributed by atoms with Gasteiger partial charge in [-0.1, -0.05) is 13.8 Å². The van der Waals surface area contributed by atoms with Crippen LogP contribution in [0, 0.1) is 27.3 Å². The summed E-state index contributed by atoms with van der Waals surface area (Å²) in [6.07, 6.45) is 0.733. The Labute approximate surface area is 120 Å². The van der Waals surface area contributed by atoms with Crippen molar-refractivity contribution in [3.8, 4) is 11.8 Å². The van der Waals surface area contributed by atoms with Gasteiger partial charge in [0, 0.05) is 0 Å². The lowest BCUT2D eigenvalue weighted by molar-refractivity contribution is -0.386. The lowest BCUT2D eigenvalue weighted by atomic mass is 10.2. The molecule has 2 aromatic rings. The van der Waals surface area contributed by atoms with Gasteiger partial charge in [0.2, 0.25) is 0 Å². The third kappa shape index (κ3) is 2.48. The van der Waals surface area contributed by atoms with Crippen LogP contribution in [0.5, 0.6) is 0 Å². The SMILES string of the molecule is CCc1nn(-c2ccc(C#N)cc2F)c(CC)c1[N+](=O)[O-]. The smallest absolute Gasteiger partial charge is 0.258 e. The first kappa shape index (κ1) is 14.7. The van der Waals surface area contributed by atoms with E-state index in [4.69, 9.17) is 5.26 Å². The van der Waals surface area contributed by atoms with Crippen LogP contribution in [0.25, 0.3) is 5.69 Å². The van der Waals surface area contributed by atoms with E-state index in [9.17, 15) is 14.5 Å². The first-order valence-corrected chi connectivity index (χ1v) is 6.48. The number of nitriles is 1. The molecule has 2 rings (SSSR count). The molecular formula is C14H13FN4O2. The second-order valence-electron chi connectivity index (χ2n) is 4.40. The summed E-state index contributed by atoms with van der Waals surface area (Å²) in [5.41, 5.74) is 0.894. The highest BCUT2D eigenvalue weighted by molar-refractivity contribution is 5.48. The Bertz CT molecular complexity index is 746.